The number of amides is 2. The number of anilines is 1. The van der Waals surface area contributed by atoms with Gasteiger partial charge in [-0.2, -0.15) is 5.10 Å². The predicted octanol–water partition coefficient (Wildman–Crippen LogP) is 5.21. The number of carbonyl (C=O) groups is 2. The molecule has 2 N–H and O–H groups in total. The van der Waals surface area contributed by atoms with Gasteiger partial charge < -0.3 is 10.1 Å². The third-order valence-corrected chi connectivity index (χ3v) is 5.13. The molecule has 0 saturated heterocycles. The summed E-state index contributed by atoms with van der Waals surface area (Å²) >= 11 is 3.41. The molecule has 0 spiro atoms. The van der Waals surface area contributed by atoms with Crippen LogP contribution in [0.3, 0.4) is 0 Å². The largest absolute Gasteiger partial charge is 0.489 e. The number of ether oxygens (including phenoxy) is 1. The number of hydrazone groups is 1. The minimum absolute atomic E-state index is 0.0535. The van der Waals surface area contributed by atoms with Gasteiger partial charge in [0, 0.05) is 23.0 Å². The zero-order valence-electron chi connectivity index (χ0n) is 17.7. The highest BCUT2D eigenvalue weighted by Gasteiger charge is 2.07. The minimum Gasteiger partial charge on any atom is -0.489 e. The maximum atomic E-state index is 12.0. The lowest BCUT2D eigenvalue weighted by Gasteiger charge is -2.07. The number of hydrogen-bond acceptors (Lipinski definition) is 4. The van der Waals surface area contributed by atoms with E-state index in [1.807, 2.05) is 79.7 Å². The van der Waals surface area contributed by atoms with Crippen LogP contribution in [-0.2, 0) is 16.2 Å². The van der Waals surface area contributed by atoms with Crippen LogP contribution in [0.25, 0.3) is 0 Å². The van der Waals surface area contributed by atoms with E-state index in [1.165, 1.54) is 0 Å². The minimum atomic E-state index is -0.323. The van der Waals surface area contributed by atoms with Crippen molar-refractivity contribution in [2.45, 2.75) is 26.4 Å². The van der Waals surface area contributed by atoms with Gasteiger partial charge in [-0.1, -0.05) is 46.3 Å². The topological polar surface area (TPSA) is 79.8 Å². The summed E-state index contributed by atoms with van der Waals surface area (Å²) in [5.41, 5.74) is 6.06. The van der Waals surface area contributed by atoms with E-state index in [2.05, 4.69) is 31.8 Å². The Morgan fingerprint density at radius 1 is 0.938 bits per heavy atom. The molecule has 0 aliphatic carbocycles. The highest BCUT2D eigenvalue weighted by molar-refractivity contribution is 9.10. The van der Waals surface area contributed by atoms with Crippen molar-refractivity contribution in [3.8, 4) is 5.75 Å². The standard InChI is InChI=1S/C25H24BrN3O3/c1-18-4-2-3-5-23(18)28-24(30)14-15-25(31)29-27-16-19-8-12-22(13-9-19)32-17-20-6-10-21(26)11-7-20/h2-13,16H,14-15,17H2,1H3,(H,28,30)(H,29,31). The average Bonchev–Trinajstić information content (AvgIpc) is 2.80. The fraction of sp³-hybridized carbons (Fsp3) is 0.160. The summed E-state index contributed by atoms with van der Waals surface area (Å²) in [6, 6.07) is 22.8. The Morgan fingerprint density at radius 2 is 1.62 bits per heavy atom. The first kappa shape index (κ1) is 23.2. The third kappa shape index (κ3) is 7.67. The molecule has 0 aliphatic rings. The molecule has 164 valence electrons. The molecule has 3 aromatic rings. The van der Waals surface area contributed by atoms with Crippen LogP contribution >= 0.6 is 15.9 Å². The van der Waals surface area contributed by atoms with Gasteiger partial charge in [-0.05, 0) is 66.1 Å². The van der Waals surface area contributed by atoms with Gasteiger partial charge in [0.15, 0.2) is 0 Å². The van der Waals surface area contributed by atoms with Crippen molar-refractivity contribution in [1.29, 1.82) is 0 Å². The van der Waals surface area contributed by atoms with E-state index in [9.17, 15) is 9.59 Å². The number of nitrogens with one attached hydrogen (secondary N) is 2. The molecule has 0 aromatic heterocycles. The van der Waals surface area contributed by atoms with Crippen molar-refractivity contribution in [2.75, 3.05) is 5.32 Å². The van der Waals surface area contributed by atoms with Gasteiger partial charge in [0.05, 0.1) is 6.21 Å². The quantitative estimate of drug-likeness (QED) is 0.317. The van der Waals surface area contributed by atoms with Crippen LogP contribution in [0.5, 0.6) is 5.75 Å². The van der Waals surface area contributed by atoms with Crippen molar-refractivity contribution >= 4 is 39.6 Å². The van der Waals surface area contributed by atoms with E-state index in [-0.39, 0.29) is 24.7 Å². The molecule has 2 amide bonds. The monoisotopic (exact) mass is 493 g/mol. The van der Waals surface area contributed by atoms with Crippen LogP contribution in [-0.4, -0.2) is 18.0 Å². The summed E-state index contributed by atoms with van der Waals surface area (Å²) in [6.45, 7) is 2.40. The van der Waals surface area contributed by atoms with Crippen molar-refractivity contribution in [3.63, 3.8) is 0 Å². The van der Waals surface area contributed by atoms with Gasteiger partial charge in [0.1, 0.15) is 12.4 Å². The molecule has 32 heavy (non-hydrogen) atoms. The molecule has 3 aromatic carbocycles. The maximum absolute atomic E-state index is 12.0. The SMILES string of the molecule is Cc1ccccc1NC(=O)CCC(=O)NN=Cc1ccc(OCc2ccc(Br)cc2)cc1. The van der Waals surface area contributed by atoms with E-state index in [1.54, 1.807) is 6.21 Å². The molecule has 0 bridgehead atoms. The summed E-state index contributed by atoms with van der Waals surface area (Å²) in [5.74, 6) is 0.210. The molecule has 0 aliphatic heterocycles. The summed E-state index contributed by atoms with van der Waals surface area (Å²) in [4.78, 5) is 23.9. The number of para-hydroxylation sites is 1. The van der Waals surface area contributed by atoms with E-state index >= 15 is 0 Å². The Balaban J connectivity index is 1.38. The molecular weight excluding hydrogens is 470 g/mol. The van der Waals surface area contributed by atoms with Gasteiger partial charge in [0.25, 0.3) is 0 Å². The summed E-state index contributed by atoms with van der Waals surface area (Å²) in [6.07, 6.45) is 1.68. The number of nitrogens with zero attached hydrogens (tertiary/aromatic N) is 1. The fourth-order valence-corrected chi connectivity index (χ4v) is 3.05. The Bertz CT molecular complexity index is 1080. The van der Waals surface area contributed by atoms with E-state index in [0.29, 0.717) is 6.61 Å². The first-order chi connectivity index (χ1) is 15.5. The smallest absolute Gasteiger partial charge is 0.240 e. The Morgan fingerprint density at radius 3 is 2.34 bits per heavy atom. The normalized spacial score (nSPS) is 10.7. The second-order valence-electron chi connectivity index (χ2n) is 7.14. The van der Waals surface area contributed by atoms with Crippen molar-refractivity contribution < 1.29 is 14.3 Å². The van der Waals surface area contributed by atoms with Gasteiger partial charge in [0.2, 0.25) is 11.8 Å². The fourth-order valence-electron chi connectivity index (χ4n) is 2.79. The van der Waals surface area contributed by atoms with Gasteiger partial charge in [-0.3, -0.25) is 9.59 Å². The second kappa shape index (κ2) is 11.8. The molecule has 0 heterocycles. The summed E-state index contributed by atoms with van der Waals surface area (Å²) in [5, 5.41) is 6.75. The van der Waals surface area contributed by atoms with Gasteiger partial charge in [-0.25, -0.2) is 5.43 Å². The van der Waals surface area contributed by atoms with Crippen LogP contribution in [0, 0.1) is 6.92 Å². The van der Waals surface area contributed by atoms with Crippen molar-refractivity contribution in [1.82, 2.24) is 5.43 Å². The second-order valence-corrected chi connectivity index (χ2v) is 8.06. The summed E-state index contributed by atoms with van der Waals surface area (Å²) < 4.78 is 6.80. The molecule has 0 unspecified atom stereocenters. The summed E-state index contributed by atoms with van der Waals surface area (Å²) in [7, 11) is 0. The maximum Gasteiger partial charge on any atom is 0.240 e. The van der Waals surface area contributed by atoms with Crippen molar-refractivity contribution in [2.24, 2.45) is 5.10 Å². The van der Waals surface area contributed by atoms with Gasteiger partial charge in [-0.15, -0.1) is 0 Å². The Hall–Kier alpha value is -3.45. The number of rotatable bonds is 9. The number of halogens is 1. The highest BCUT2D eigenvalue weighted by atomic mass is 79.9. The van der Waals surface area contributed by atoms with Crippen LogP contribution in [0.4, 0.5) is 5.69 Å². The third-order valence-electron chi connectivity index (χ3n) is 4.60. The van der Waals surface area contributed by atoms with Crippen LogP contribution in [0.1, 0.15) is 29.5 Å². The number of benzene rings is 3. The molecular formula is C25H24BrN3O3. The zero-order chi connectivity index (χ0) is 22.8. The molecule has 0 saturated carbocycles. The van der Waals surface area contributed by atoms with Crippen LogP contribution < -0.4 is 15.5 Å². The lowest BCUT2D eigenvalue weighted by Crippen LogP contribution is -2.20. The number of aryl methyl sites for hydroxylation is 1. The number of carbonyl (C=O) groups excluding carboxylic acids is 2. The van der Waals surface area contributed by atoms with Crippen LogP contribution in [0.2, 0.25) is 0 Å². The molecule has 0 radical (unpaired) electrons. The van der Waals surface area contributed by atoms with Crippen molar-refractivity contribution in [3.05, 3.63) is 94.0 Å². The highest BCUT2D eigenvalue weighted by Crippen LogP contribution is 2.16. The van der Waals surface area contributed by atoms with E-state index < -0.39 is 0 Å². The molecule has 3 rings (SSSR count). The van der Waals surface area contributed by atoms with E-state index in [4.69, 9.17) is 4.74 Å². The predicted molar refractivity (Wildman–Crippen MR) is 130 cm³/mol. The van der Waals surface area contributed by atoms with Gasteiger partial charge >= 0.3 is 0 Å². The Kier molecular flexibility index (Phi) is 8.57. The first-order valence-electron chi connectivity index (χ1n) is 10.1. The number of hydrogen-bond donors (Lipinski definition) is 2. The molecule has 0 fully saturated rings. The lowest BCUT2D eigenvalue weighted by molar-refractivity contribution is -0.124. The molecule has 7 heteroatoms. The zero-order valence-corrected chi connectivity index (χ0v) is 19.3. The Labute approximate surface area is 195 Å². The molecule has 0 atom stereocenters. The lowest BCUT2D eigenvalue weighted by atomic mass is 10.2. The molecule has 6 nitrogen and oxygen atoms in total. The average molecular weight is 494 g/mol. The first-order valence-corrected chi connectivity index (χ1v) is 10.9. The van der Waals surface area contributed by atoms with E-state index in [0.717, 1.165) is 32.6 Å². The van der Waals surface area contributed by atoms with Crippen LogP contribution in [0.15, 0.2) is 82.4 Å².